The zero-order valence-electron chi connectivity index (χ0n) is 18.5. The van der Waals surface area contributed by atoms with E-state index >= 15 is 0 Å². The molecule has 1 N–H and O–H groups in total. The molecule has 1 amide bonds. The quantitative estimate of drug-likeness (QED) is 0.628. The Morgan fingerprint density at radius 3 is 2.56 bits per heavy atom. The fraction of sp³-hybridized carbons (Fsp3) is 0.364. The number of rotatable bonds is 3. The molecule has 32 heavy (non-hydrogen) atoms. The summed E-state index contributed by atoms with van der Waals surface area (Å²) >= 11 is 1.09. The van der Waals surface area contributed by atoms with Crippen LogP contribution in [0.5, 0.6) is 5.75 Å². The van der Waals surface area contributed by atoms with Crippen LogP contribution >= 0.6 is 11.3 Å². The van der Waals surface area contributed by atoms with Gasteiger partial charge in [-0.25, -0.2) is 8.42 Å². The second-order valence-electron chi connectivity index (χ2n) is 8.93. The largest absolute Gasteiger partial charge is 0.476 e. The number of carbonyl (C=O) groups excluding carboxylic acids is 1. The summed E-state index contributed by atoms with van der Waals surface area (Å²) in [7, 11) is -1.94. The van der Waals surface area contributed by atoms with Crippen molar-refractivity contribution in [1.29, 1.82) is 0 Å². The highest BCUT2D eigenvalue weighted by Crippen LogP contribution is 2.38. The molecule has 2 aromatic carbocycles. The van der Waals surface area contributed by atoms with Crippen LogP contribution < -0.4 is 19.2 Å². The van der Waals surface area contributed by atoms with Crippen LogP contribution in [0.2, 0.25) is 0 Å². The first kappa shape index (κ1) is 22.3. The Morgan fingerprint density at radius 2 is 1.91 bits per heavy atom. The molecule has 0 radical (unpaired) electrons. The summed E-state index contributed by atoms with van der Waals surface area (Å²) in [5.74, 6) is -0.126. The Labute approximate surface area is 190 Å². The van der Waals surface area contributed by atoms with Gasteiger partial charge in [0.25, 0.3) is 5.91 Å². The summed E-state index contributed by atoms with van der Waals surface area (Å²) in [6.07, 6.45) is 0.0921. The summed E-state index contributed by atoms with van der Waals surface area (Å²) in [4.78, 5) is 24.7. The van der Waals surface area contributed by atoms with Crippen molar-refractivity contribution in [2.45, 2.75) is 32.3 Å². The van der Waals surface area contributed by atoms with E-state index in [1.165, 1.54) is 4.31 Å². The summed E-state index contributed by atoms with van der Waals surface area (Å²) in [5, 5.41) is 2.78. The molecule has 0 bridgehead atoms. The van der Waals surface area contributed by atoms with Gasteiger partial charge in [-0.15, -0.1) is 0 Å². The van der Waals surface area contributed by atoms with E-state index in [2.05, 4.69) is 5.32 Å². The van der Waals surface area contributed by atoms with Gasteiger partial charge in [0, 0.05) is 12.7 Å². The number of hydrogen-bond donors (Lipinski definition) is 1. The number of amides is 1. The highest BCUT2D eigenvalue weighted by atomic mass is 32.2. The monoisotopic (exact) mass is 475 g/mol. The topological polar surface area (TPSA) is 97.7 Å². The number of thiazole rings is 1. The molecule has 4 rings (SSSR count). The SMILES string of the molecule is Cn1c(=O)sc2cc(NC(=O)[C@@H]3CN(S(C)(=O)=O)c4cc(C(C)(C)C)ccc4O3)ccc21. The number of nitrogens with one attached hydrogen (secondary N) is 1. The van der Waals surface area contributed by atoms with E-state index in [9.17, 15) is 18.0 Å². The number of nitrogens with zero attached hydrogens (tertiary/aromatic N) is 2. The Balaban J connectivity index is 1.63. The maximum absolute atomic E-state index is 13.0. The van der Waals surface area contributed by atoms with E-state index in [1.807, 2.05) is 26.8 Å². The van der Waals surface area contributed by atoms with Crippen molar-refractivity contribution < 1.29 is 17.9 Å². The minimum absolute atomic E-state index is 0.0888. The van der Waals surface area contributed by atoms with Crippen molar-refractivity contribution >= 4 is 48.9 Å². The fourth-order valence-electron chi connectivity index (χ4n) is 3.60. The zero-order chi connectivity index (χ0) is 23.4. The minimum Gasteiger partial charge on any atom is -0.476 e. The lowest BCUT2D eigenvalue weighted by Gasteiger charge is -2.35. The maximum Gasteiger partial charge on any atom is 0.307 e. The van der Waals surface area contributed by atoms with Crippen molar-refractivity contribution in [3.05, 3.63) is 51.6 Å². The standard InChI is InChI=1S/C22H25N3O5S2/c1-22(2,3)13-6-9-17-16(10-13)25(32(5,28)29)12-18(30-17)20(26)23-14-7-8-15-19(11-14)31-21(27)24(15)4/h6-11,18H,12H2,1-5H3,(H,23,26)/t18-/m0/s1. The molecule has 2 heterocycles. The van der Waals surface area contributed by atoms with E-state index in [-0.39, 0.29) is 16.8 Å². The number of sulfonamides is 1. The van der Waals surface area contributed by atoms with E-state index < -0.39 is 22.0 Å². The van der Waals surface area contributed by atoms with Gasteiger partial charge in [0.1, 0.15) is 5.75 Å². The summed E-state index contributed by atoms with van der Waals surface area (Å²) in [6.45, 7) is 5.99. The van der Waals surface area contributed by atoms with E-state index in [0.717, 1.165) is 33.4 Å². The van der Waals surface area contributed by atoms with Gasteiger partial charge in [-0.3, -0.25) is 13.9 Å². The number of ether oxygens (including phenoxy) is 1. The molecule has 1 atom stereocenters. The number of aromatic nitrogens is 1. The lowest BCUT2D eigenvalue weighted by Crippen LogP contribution is -2.48. The number of aryl methyl sites for hydroxylation is 1. The predicted molar refractivity (Wildman–Crippen MR) is 127 cm³/mol. The molecule has 0 fully saturated rings. The molecule has 0 spiro atoms. The number of fused-ring (bicyclic) bond motifs is 2. The molecular formula is C22H25N3O5S2. The van der Waals surface area contributed by atoms with Gasteiger partial charge in [0.2, 0.25) is 10.0 Å². The van der Waals surface area contributed by atoms with Crippen LogP contribution in [0.25, 0.3) is 10.2 Å². The molecule has 1 aromatic heterocycles. The lowest BCUT2D eigenvalue weighted by molar-refractivity contribution is -0.122. The second-order valence-corrected chi connectivity index (χ2v) is 11.8. The van der Waals surface area contributed by atoms with E-state index in [0.29, 0.717) is 17.1 Å². The second kappa shape index (κ2) is 7.63. The van der Waals surface area contributed by atoms with Crippen molar-refractivity contribution in [2.24, 2.45) is 7.05 Å². The minimum atomic E-state index is -3.63. The lowest BCUT2D eigenvalue weighted by atomic mass is 9.86. The first-order valence-electron chi connectivity index (χ1n) is 10.0. The number of anilines is 2. The third kappa shape index (κ3) is 4.12. The molecule has 10 heteroatoms. The van der Waals surface area contributed by atoms with Crippen LogP contribution in [0, 0.1) is 0 Å². The van der Waals surface area contributed by atoms with Gasteiger partial charge in [-0.1, -0.05) is 38.2 Å². The first-order valence-corrected chi connectivity index (χ1v) is 12.7. The van der Waals surface area contributed by atoms with Crippen LogP contribution in [0.1, 0.15) is 26.3 Å². The van der Waals surface area contributed by atoms with Crippen molar-refractivity contribution in [3.63, 3.8) is 0 Å². The van der Waals surface area contributed by atoms with Crippen LogP contribution in [0.4, 0.5) is 11.4 Å². The van der Waals surface area contributed by atoms with Gasteiger partial charge in [-0.2, -0.15) is 0 Å². The molecule has 0 saturated heterocycles. The molecule has 1 aliphatic heterocycles. The van der Waals surface area contributed by atoms with Crippen LogP contribution in [0.15, 0.2) is 41.2 Å². The molecule has 8 nitrogen and oxygen atoms in total. The Hall–Kier alpha value is -2.85. The predicted octanol–water partition coefficient (Wildman–Crippen LogP) is 3.06. The molecule has 1 aliphatic rings. The maximum atomic E-state index is 13.0. The highest BCUT2D eigenvalue weighted by Gasteiger charge is 2.36. The molecule has 0 aliphatic carbocycles. The average Bonchev–Trinajstić information content (AvgIpc) is 2.98. The average molecular weight is 476 g/mol. The Morgan fingerprint density at radius 1 is 1.19 bits per heavy atom. The van der Waals surface area contributed by atoms with Crippen LogP contribution in [-0.2, 0) is 27.3 Å². The summed E-state index contributed by atoms with van der Waals surface area (Å²) in [5.41, 5.74) is 2.51. The first-order chi connectivity index (χ1) is 14.8. The molecule has 3 aromatic rings. The van der Waals surface area contributed by atoms with Gasteiger partial charge in [-0.05, 0) is 41.3 Å². The summed E-state index contributed by atoms with van der Waals surface area (Å²) in [6, 6.07) is 10.6. The smallest absolute Gasteiger partial charge is 0.307 e. The van der Waals surface area contributed by atoms with Gasteiger partial charge >= 0.3 is 4.87 Å². The van der Waals surface area contributed by atoms with E-state index in [4.69, 9.17) is 4.74 Å². The van der Waals surface area contributed by atoms with Crippen molar-refractivity contribution in [1.82, 2.24) is 4.57 Å². The normalized spacial score (nSPS) is 16.5. The third-order valence-corrected chi connectivity index (χ3v) is 7.59. The molecule has 0 saturated carbocycles. The number of hydrogen-bond acceptors (Lipinski definition) is 6. The van der Waals surface area contributed by atoms with E-state index in [1.54, 1.807) is 41.9 Å². The molecular weight excluding hydrogens is 450 g/mol. The van der Waals surface area contributed by atoms with Crippen molar-refractivity contribution in [2.75, 3.05) is 22.4 Å². The van der Waals surface area contributed by atoms with Crippen LogP contribution in [-0.4, -0.2) is 37.8 Å². The molecule has 0 unspecified atom stereocenters. The Kier molecular flexibility index (Phi) is 5.33. The highest BCUT2D eigenvalue weighted by molar-refractivity contribution is 7.92. The van der Waals surface area contributed by atoms with Gasteiger partial charge < -0.3 is 14.6 Å². The number of carbonyl (C=O) groups is 1. The Bertz CT molecular complexity index is 1380. The number of benzene rings is 2. The molecule has 170 valence electrons. The van der Waals surface area contributed by atoms with Crippen molar-refractivity contribution in [3.8, 4) is 5.75 Å². The van der Waals surface area contributed by atoms with Gasteiger partial charge in [0.05, 0.1) is 28.7 Å². The zero-order valence-corrected chi connectivity index (χ0v) is 20.1. The van der Waals surface area contributed by atoms with Gasteiger partial charge in [0.15, 0.2) is 6.10 Å². The van der Waals surface area contributed by atoms with Crippen LogP contribution in [0.3, 0.4) is 0 Å². The fourth-order valence-corrected chi connectivity index (χ4v) is 5.43. The summed E-state index contributed by atoms with van der Waals surface area (Å²) < 4.78 is 34.5. The third-order valence-electron chi connectivity index (χ3n) is 5.45.